The van der Waals surface area contributed by atoms with Crippen molar-refractivity contribution < 1.29 is 18.5 Å². The van der Waals surface area contributed by atoms with Crippen molar-refractivity contribution in [2.45, 2.75) is 72.1 Å². The number of allylic oxidation sites excluding steroid dienone is 1. The van der Waals surface area contributed by atoms with E-state index in [-0.39, 0.29) is 16.7 Å². The van der Waals surface area contributed by atoms with Gasteiger partial charge < -0.3 is 9.05 Å². The number of aryl methyl sites for hydroxylation is 1. The first-order valence-electron chi connectivity index (χ1n) is 19.4. The van der Waals surface area contributed by atoms with E-state index >= 15 is 0 Å². The maximum Gasteiger partial charge on any atom is 0.584 e. The number of fused-ring (bicyclic) bond motifs is 8. The Balaban J connectivity index is 1.40. The van der Waals surface area contributed by atoms with Gasteiger partial charge in [-0.2, -0.15) is 0 Å². The summed E-state index contributed by atoms with van der Waals surface area (Å²) in [5.41, 5.74) is 16.9. The van der Waals surface area contributed by atoms with Crippen molar-refractivity contribution in [2.75, 3.05) is 0 Å². The molecule has 0 radical (unpaired) electrons. The second-order valence-corrected chi connectivity index (χ2v) is 18.8. The lowest BCUT2D eigenvalue weighted by atomic mass is 9.72. The summed E-state index contributed by atoms with van der Waals surface area (Å²) in [4.78, 5) is 11.7. The standard InChI is InChI=1S/C50H47O4P/c1-30-19-20-33-29-42(32-23-27-35(28-24-32)50(5,6)7)48-46(44(33)43(30)45-39-15-10-8-13-37(39)38-14-9-11-16-40(38)45)41-18-12-17-36(47(41)53-55(51,52)54-48)31-21-25-34(26-22-31)49(2,3)4/h8-18,21-30H,19-20H2,1-7H3,(H,51,52)/t30-/m0/s1. The molecule has 0 aromatic heterocycles. The van der Waals surface area contributed by atoms with Crippen LogP contribution in [0.25, 0.3) is 55.7 Å². The fourth-order valence-electron chi connectivity index (χ4n) is 8.84. The number of rotatable bonds is 2. The fourth-order valence-corrected chi connectivity index (χ4v) is 9.73. The van der Waals surface area contributed by atoms with E-state index in [9.17, 15) is 9.46 Å². The van der Waals surface area contributed by atoms with Gasteiger partial charge in [0.2, 0.25) is 0 Å². The molecule has 0 amide bonds. The predicted octanol–water partition coefficient (Wildman–Crippen LogP) is 13.7. The Morgan fingerprint density at radius 2 is 1.04 bits per heavy atom. The van der Waals surface area contributed by atoms with Gasteiger partial charge in [0.05, 0.1) is 0 Å². The highest BCUT2D eigenvalue weighted by Gasteiger charge is 2.41. The average molecular weight is 743 g/mol. The van der Waals surface area contributed by atoms with Crippen molar-refractivity contribution in [3.05, 3.63) is 155 Å². The smallest absolute Gasteiger partial charge is 0.394 e. The van der Waals surface area contributed by atoms with Crippen LogP contribution in [0.5, 0.6) is 11.5 Å². The van der Waals surface area contributed by atoms with E-state index in [2.05, 4.69) is 152 Å². The normalized spacial score (nSPS) is 18.6. The van der Waals surface area contributed by atoms with Crippen LogP contribution in [0.2, 0.25) is 0 Å². The SMILES string of the molecule is C[C@H]1CCc2cc(-c3ccc(C(C)(C)C)cc3)c3c(c2C1=C1c2ccccc2-c2ccccc21)-c1cccc(-c2ccc(C(C)(C)C)cc2)c1OP(=O)(O)O3. The van der Waals surface area contributed by atoms with Crippen LogP contribution in [0.4, 0.5) is 0 Å². The van der Waals surface area contributed by atoms with Gasteiger partial charge in [0.15, 0.2) is 0 Å². The summed E-state index contributed by atoms with van der Waals surface area (Å²) in [6, 6.07) is 42.6. The molecule has 1 unspecified atom stereocenters. The Morgan fingerprint density at radius 1 is 0.564 bits per heavy atom. The molecule has 6 aromatic carbocycles. The third-order valence-corrected chi connectivity index (χ3v) is 12.6. The molecule has 0 spiro atoms. The van der Waals surface area contributed by atoms with E-state index < -0.39 is 7.82 Å². The molecule has 0 saturated carbocycles. The van der Waals surface area contributed by atoms with Gasteiger partial charge in [-0.1, -0.05) is 164 Å². The van der Waals surface area contributed by atoms with Gasteiger partial charge >= 0.3 is 7.82 Å². The number of benzene rings is 6. The van der Waals surface area contributed by atoms with Crippen LogP contribution in [0, 0.1) is 5.92 Å². The van der Waals surface area contributed by atoms with Gasteiger partial charge in [0.1, 0.15) is 11.5 Å². The van der Waals surface area contributed by atoms with E-state index in [0.717, 1.165) is 51.8 Å². The molecule has 276 valence electrons. The zero-order chi connectivity index (χ0) is 38.4. The molecule has 3 aliphatic rings. The van der Waals surface area contributed by atoms with Crippen LogP contribution in [-0.4, -0.2) is 4.89 Å². The molecule has 0 saturated heterocycles. The molecule has 1 N–H and O–H groups in total. The lowest BCUT2D eigenvalue weighted by Gasteiger charge is -2.32. The quantitative estimate of drug-likeness (QED) is 0.179. The summed E-state index contributed by atoms with van der Waals surface area (Å²) in [6.45, 7) is 15.5. The molecule has 1 aliphatic heterocycles. The first-order valence-corrected chi connectivity index (χ1v) is 20.9. The average Bonchev–Trinajstić information content (AvgIpc) is 3.41. The molecule has 0 fully saturated rings. The van der Waals surface area contributed by atoms with E-state index in [4.69, 9.17) is 9.05 Å². The van der Waals surface area contributed by atoms with Crippen LogP contribution in [-0.2, 0) is 21.8 Å². The molecular formula is C50H47O4P. The molecule has 1 heterocycles. The minimum Gasteiger partial charge on any atom is -0.394 e. The van der Waals surface area contributed by atoms with Crippen LogP contribution >= 0.6 is 7.82 Å². The number of para-hydroxylation sites is 1. The van der Waals surface area contributed by atoms with Gasteiger partial charge in [-0.05, 0) is 102 Å². The van der Waals surface area contributed by atoms with Gasteiger partial charge in [-0.15, -0.1) is 0 Å². The Kier molecular flexibility index (Phi) is 8.21. The summed E-state index contributed by atoms with van der Waals surface area (Å²) < 4.78 is 26.9. The Labute approximate surface area is 325 Å². The third kappa shape index (κ3) is 5.98. The van der Waals surface area contributed by atoms with Gasteiger partial charge in [0, 0.05) is 22.3 Å². The monoisotopic (exact) mass is 742 g/mol. The number of phosphoric ester groups is 1. The maximum absolute atomic E-state index is 14.3. The zero-order valence-corrected chi connectivity index (χ0v) is 33.6. The first kappa shape index (κ1) is 35.5. The van der Waals surface area contributed by atoms with Crippen LogP contribution in [0.3, 0.4) is 0 Å². The van der Waals surface area contributed by atoms with Crippen molar-refractivity contribution in [1.82, 2.24) is 0 Å². The van der Waals surface area contributed by atoms with E-state index in [0.29, 0.717) is 11.5 Å². The fraction of sp³-hybridized carbons (Fsp3) is 0.240. The van der Waals surface area contributed by atoms with Crippen molar-refractivity contribution >= 4 is 19.0 Å². The van der Waals surface area contributed by atoms with Crippen LogP contribution < -0.4 is 9.05 Å². The summed E-state index contributed by atoms with van der Waals surface area (Å²) in [6.07, 6.45) is 1.83. The van der Waals surface area contributed by atoms with Gasteiger partial charge in [-0.3, -0.25) is 4.89 Å². The molecule has 2 aliphatic carbocycles. The topological polar surface area (TPSA) is 55.8 Å². The van der Waals surface area contributed by atoms with Gasteiger partial charge in [0.25, 0.3) is 0 Å². The highest BCUT2D eigenvalue weighted by molar-refractivity contribution is 7.48. The molecule has 0 bridgehead atoms. The summed E-state index contributed by atoms with van der Waals surface area (Å²) in [5.74, 6) is 0.927. The van der Waals surface area contributed by atoms with Crippen molar-refractivity contribution in [1.29, 1.82) is 0 Å². The predicted molar refractivity (Wildman–Crippen MR) is 227 cm³/mol. The molecule has 4 nitrogen and oxygen atoms in total. The molecule has 2 atom stereocenters. The van der Waals surface area contributed by atoms with Gasteiger partial charge in [-0.25, -0.2) is 4.57 Å². The van der Waals surface area contributed by atoms with E-state index in [1.54, 1.807) is 0 Å². The number of hydrogen-bond donors (Lipinski definition) is 1. The Bertz CT molecular complexity index is 2550. The van der Waals surface area contributed by atoms with E-state index in [1.165, 1.54) is 50.1 Å². The number of hydrogen-bond acceptors (Lipinski definition) is 3. The number of phosphoric acid groups is 1. The summed E-state index contributed by atoms with van der Waals surface area (Å²) >= 11 is 0. The minimum absolute atomic E-state index is 0.0190. The lowest BCUT2D eigenvalue weighted by Crippen LogP contribution is -2.15. The lowest BCUT2D eigenvalue weighted by molar-refractivity contribution is 0.295. The molecular weight excluding hydrogens is 696 g/mol. The third-order valence-electron chi connectivity index (χ3n) is 11.7. The highest BCUT2D eigenvalue weighted by atomic mass is 31.2. The van der Waals surface area contributed by atoms with Crippen LogP contribution in [0.1, 0.15) is 88.3 Å². The van der Waals surface area contributed by atoms with E-state index in [1.807, 2.05) is 18.2 Å². The minimum atomic E-state index is -4.68. The second kappa shape index (κ2) is 12.7. The van der Waals surface area contributed by atoms with Crippen LogP contribution in [0.15, 0.2) is 121 Å². The Morgan fingerprint density at radius 3 is 1.58 bits per heavy atom. The van der Waals surface area contributed by atoms with Crippen molar-refractivity contribution in [2.24, 2.45) is 5.92 Å². The second-order valence-electron chi connectivity index (χ2n) is 17.5. The van der Waals surface area contributed by atoms with Crippen molar-refractivity contribution in [3.8, 4) is 56.0 Å². The molecule has 5 heteroatoms. The summed E-state index contributed by atoms with van der Waals surface area (Å²) in [5, 5.41) is 0. The molecule has 6 aromatic rings. The zero-order valence-electron chi connectivity index (χ0n) is 32.7. The highest BCUT2D eigenvalue weighted by Crippen LogP contribution is 2.62. The van der Waals surface area contributed by atoms with Crippen molar-refractivity contribution in [3.63, 3.8) is 0 Å². The molecule has 9 rings (SSSR count). The Hall–Kier alpha value is -5.15. The summed E-state index contributed by atoms with van der Waals surface area (Å²) in [7, 11) is -4.68. The largest absolute Gasteiger partial charge is 0.584 e. The molecule has 55 heavy (non-hydrogen) atoms. The first-order chi connectivity index (χ1) is 26.2. The maximum atomic E-state index is 14.3.